The molecule has 0 spiro atoms. The number of nitrogens with two attached hydrogens (primary N) is 1. The summed E-state index contributed by atoms with van der Waals surface area (Å²) in [7, 11) is 0. The van der Waals surface area contributed by atoms with Gasteiger partial charge in [-0.25, -0.2) is 0 Å². The van der Waals surface area contributed by atoms with Crippen LogP contribution in [0.25, 0.3) is 82.0 Å². The Morgan fingerprint density at radius 3 is 1.55 bits per heavy atom. The number of benzene rings is 8. The molecule has 0 amide bonds. The van der Waals surface area contributed by atoms with E-state index in [2.05, 4.69) is 132 Å². The summed E-state index contributed by atoms with van der Waals surface area (Å²) in [5, 5.41) is 26.0. The van der Waals surface area contributed by atoms with Crippen LogP contribution in [0.3, 0.4) is 0 Å². The smallest absolute Gasteiger partial charge is 0.0795 e. The molecule has 10 rings (SSSR count). The monoisotopic (exact) mass is 704 g/mol. The lowest BCUT2D eigenvalue weighted by Crippen LogP contribution is -2.09. The highest BCUT2D eigenvalue weighted by Gasteiger charge is 2.19. The normalized spacial score (nSPS) is 12.5. The molecule has 1 aromatic heterocycles. The van der Waals surface area contributed by atoms with Crippen molar-refractivity contribution in [1.29, 1.82) is 10.8 Å². The van der Waals surface area contributed by atoms with E-state index in [0.717, 1.165) is 28.0 Å². The maximum atomic E-state index is 8.26. The number of hydrogen-bond acceptors (Lipinski definition) is 4. The number of nitrogens with one attached hydrogen (secondary N) is 2. The Morgan fingerprint density at radius 1 is 0.400 bits per heavy atom. The van der Waals surface area contributed by atoms with Gasteiger partial charge in [0.25, 0.3) is 0 Å². The van der Waals surface area contributed by atoms with Crippen molar-refractivity contribution in [2.45, 2.75) is 0 Å². The highest BCUT2D eigenvalue weighted by Crippen LogP contribution is 2.45. The molecule has 4 nitrogen and oxygen atoms in total. The van der Waals surface area contributed by atoms with Crippen molar-refractivity contribution in [2.24, 2.45) is 0 Å². The molecule has 4 N–H and O–H groups in total. The van der Waals surface area contributed by atoms with E-state index < -0.39 is 0 Å². The molecule has 1 heterocycles. The minimum atomic E-state index is 0.234. The second-order valence-electron chi connectivity index (χ2n) is 13.8. The molecule has 0 unspecified atom stereocenters. The Bertz CT molecular complexity index is 3010. The first-order valence-electron chi connectivity index (χ1n) is 18.3. The van der Waals surface area contributed by atoms with Gasteiger partial charge in [0.2, 0.25) is 0 Å². The third kappa shape index (κ3) is 6.47. The molecule has 0 saturated carbocycles. The van der Waals surface area contributed by atoms with E-state index in [4.69, 9.17) is 16.6 Å². The molecule has 260 valence electrons. The van der Waals surface area contributed by atoms with Gasteiger partial charge in [-0.2, -0.15) is 0 Å². The number of nitrogen functional groups attached to an aromatic ring is 1. The third-order valence-electron chi connectivity index (χ3n) is 10.4. The number of rotatable bonds is 4. The molecule has 0 saturated heterocycles. The van der Waals surface area contributed by atoms with Crippen LogP contribution in [0.2, 0.25) is 0 Å². The maximum Gasteiger partial charge on any atom is 0.0795 e. The van der Waals surface area contributed by atoms with Crippen LogP contribution in [0.15, 0.2) is 194 Å². The van der Waals surface area contributed by atoms with Crippen LogP contribution < -0.4 is 5.73 Å². The van der Waals surface area contributed by atoms with Gasteiger partial charge in [-0.1, -0.05) is 133 Å². The third-order valence-corrected chi connectivity index (χ3v) is 10.4. The van der Waals surface area contributed by atoms with Crippen molar-refractivity contribution in [3.63, 3.8) is 0 Å². The number of fused-ring (bicyclic) bond motifs is 4. The molecular weight excluding hydrogens is 669 g/mol. The lowest BCUT2D eigenvalue weighted by atomic mass is 9.84. The fourth-order valence-corrected chi connectivity index (χ4v) is 7.60. The Kier molecular flexibility index (Phi) is 8.62. The highest BCUT2D eigenvalue weighted by molar-refractivity contribution is 6.50. The standard InChI is InChI=1S/C40H26N2.C11H10N2/c41-37-20-18-30(24-38(37)42)29-17-19-35-36(23-29)40(32-16-14-26-8-2-4-10-28(26)22-32)34-12-6-5-11-33(34)39(35)31-15-13-25-7-1-3-9-27(25)21-31;12-11-5-3-9(4-6-11)10-2-1-7-13-8-10/h1-24,41-42H;1-8H,12H2. The second kappa shape index (κ2) is 14.2. The SMILES string of the molecule is N=C1C=CC(c2ccc3c(-c4ccc5ccccc5c4)c4ccccc4c(-c4ccc5ccccc5c4)c3c2)=CC1=N.Nc1ccc(-c2cccnc2)cc1. The van der Waals surface area contributed by atoms with Crippen LogP contribution in [-0.2, 0) is 0 Å². The van der Waals surface area contributed by atoms with Crippen LogP contribution in [0.5, 0.6) is 0 Å². The van der Waals surface area contributed by atoms with Crippen molar-refractivity contribution in [3.8, 4) is 33.4 Å². The summed E-state index contributed by atoms with van der Waals surface area (Å²) in [6, 6.07) is 57.7. The van der Waals surface area contributed by atoms with E-state index in [0.29, 0.717) is 0 Å². The summed E-state index contributed by atoms with van der Waals surface area (Å²) in [6.07, 6.45) is 9.06. The topological polar surface area (TPSA) is 86.6 Å². The minimum absolute atomic E-state index is 0.234. The molecule has 1 aliphatic carbocycles. The van der Waals surface area contributed by atoms with Gasteiger partial charge in [-0.05, 0) is 136 Å². The summed E-state index contributed by atoms with van der Waals surface area (Å²) in [6.45, 7) is 0. The summed E-state index contributed by atoms with van der Waals surface area (Å²) < 4.78 is 0. The predicted octanol–water partition coefficient (Wildman–Crippen LogP) is 13.0. The van der Waals surface area contributed by atoms with Crippen LogP contribution >= 0.6 is 0 Å². The van der Waals surface area contributed by atoms with Gasteiger partial charge < -0.3 is 5.73 Å². The zero-order chi connectivity index (χ0) is 37.3. The number of hydrogen-bond donors (Lipinski definition) is 3. The molecule has 0 bridgehead atoms. The van der Waals surface area contributed by atoms with E-state index >= 15 is 0 Å². The van der Waals surface area contributed by atoms with Crippen molar-refractivity contribution >= 4 is 65.8 Å². The quantitative estimate of drug-likeness (QED) is 0.0967. The molecule has 55 heavy (non-hydrogen) atoms. The molecule has 0 radical (unpaired) electrons. The number of nitrogens with zero attached hydrogens (tertiary/aromatic N) is 1. The Balaban J connectivity index is 0.000000258. The minimum Gasteiger partial charge on any atom is -0.399 e. The molecule has 0 aliphatic heterocycles. The number of pyridine rings is 1. The largest absolute Gasteiger partial charge is 0.399 e. The average molecular weight is 705 g/mol. The molecule has 1 aliphatic rings. The van der Waals surface area contributed by atoms with E-state index in [1.807, 2.05) is 48.7 Å². The first-order valence-corrected chi connectivity index (χ1v) is 18.3. The molecular formula is C51H36N4. The van der Waals surface area contributed by atoms with Crippen molar-refractivity contribution in [2.75, 3.05) is 5.73 Å². The van der Waals surface area contributed by atoms with Crippen LogP contribution in [0, 0.1) is 10.8 Å². The zero-order valence-electron chi connectivity index (χ0n) is 30.0. The molecule has 0 atom stereocenters. The fraction of sp³-hybridized carbons (Fsp3) is 0. The second-order valence-corrected chi connectivity index (χ2v) is 13.8. The number of aromatic nitrogens is 1. The highest BCUT2D eigenvalue weighted by atomic mass is 14.6. The first kappa shape index (κ1) is 33.4. The van der Waals surface area contributed by atoms with Gasteiger partial charge in [0.05, 0.1) is 11.4 Å². The van der Waals surface area contributed by atoms with E-state index in [1.54, 1.807) is 18.3 Å². The van der Waals surface area contributed by atoms with E-state index in [1.165, 1.54) is 65.3 Å². The maximum absolute atomic E-state index is 8.26. The summed E-state index contributed by atoms with van der Waals surface area (Å²) in [4.78, 5) is 4.05. The molecule has 8 aromatic carbocycles. The van der Waals surface area contributed by atoms with Crippen LogP contribution in [-0.4, -0.2) is 16.4 Å². The van der Waals surface area contributed by atoms with E-state index in [-0.39, 0.29) is 11.4 Å². The number of allylic oxidation sites excluding steroid dienone is 4. The van der Waals surface area contributed by atoms with Gasteiger partial charge in [0.1, 0.15) is 0 Å². The van der Waals surface area contributed by atoms with Crippen LogP contribution in [0.4, 0.5) is 5.69 Å². The molecule has 4 heteroatoms. The molecule has 0 fully saturated rings. The fourth-order valence-electron chi connectivity index (χ4n) is 7.60. The summed E-state index contributed by atoms with van der Waals surface area (Å²) in [5.41, 5.74) is 15.9. The Morgan fingerprint density at radius 2 is 0.945 bits per heavy atom. The lowest BCUT2D eigenvalue weighted by Gasteiger charge is -2.20. The predicted molar refractivity (Wildman–Crippen MR) is 234 cm³/mol. The average Bonchev–Trinajstić information content (AvgIpc) is 3.24. The van der Waals surface area contributed by atoms with Crippen molar-refractivity contribution < 1.29 is 0 Å². The zero-order valence-corrected chi connectivity index (χ0v) is 30.0. The lowest BCUT2D eigenvalue weighted by molar-refractivity contribution is 1.33. The summed E-state index contributed by atoms with van der Waals surface area (Å²) in [5.74, 6) is 0. The Labute approximate surface area is 319 Å². The number of anilines is 1. The van der Waals surface area contributed by atoms with Gasteiger partial charge in [0, 0.05) is 18.1 Å². The first-order chi connectivity index (χ1) is 27.0. The Hall–Kier alpha value is -7.43. The van der Waals surface area contributed by atoms with E-state index in [9.17, 15) is 0 Å². The van der Waals surface area contributed by atoms with Gasteiger partial charge in [-0.15, -0.1) is 0 Å². The van der Waals surface area contributed by atoms with Crippen molar-refractivity contribution in [3.05, 3.63) is 200 Å². The van der Waals surface area contributed by atoms with Gasteiger partial charge in [-0.3, -0.25) is 15.8 Å². The van der Waals surface area contributed by atoms with Crippen molar-refractivity contribution in [1.82, 2.24) is 4.98 Å². The van der Waals surface area contributed by atoms with Gasteiger partial charge >= 0.3 is 0 Å². The van der Waals surface area contributed by atoms with Crippen LogP contribution in [0.1, 0.15) is 5.56 Å². The summed E-state index contributed by atoms with van der Waals surface area (Å²) >= 11 is 0. The van der Waals surface area contributed by atoms with Gasteiger partial charge in [0.15, 0.2) is 0 Å². The molecule has 9 aromatic rings.